The molecule has 2 aromatic rings. The molecule has 0 aliphatic carbocycles. The molecule has 7 heteroatoms. The molecule has 0 aliphatic rings. The molecular formula is C13H13N3O4. The van der Waals surface area contributed by atoms with Crippen molar-refractivity contribution >= 4 is 11.9 Å². The first-order chi connectivity index (χ1) is 9.63. The lowest BCUT2D eigenvalue weighted by molar-refractivity contribution is 0.355. The average Bonchev–Trinajstić information content (AvgIpc) is 2.46. The van der Waals surface area contributed by atoms with E-state index in [4.69, 9.17) is 9.47 Å². The molecule has 0 unspecified atom stereocenters. The molecule has 1 aromatic carbocycles. The molecule has 1 aromatic heterocycles. The van der Waals surface area contributed by atoms with E-state index in [1.807, 2.05) is 0 Å². The molecule has 7 nitrogen and oxygen atoms in total. The van der Waals surface area contributed by atoms with Crippen LogP contribution in [0.15, 0.2) is 39.0 Å². The van der Waals surface area contributed by atoms with Crippen LogP contribution in [0, 0.1) is 0 Å². The van der Waals surface area contributed by atoms with Crippen LogP contribution in [-0.2, 0) is 0 Å². The molecule has 0 saturated heterocycles. The van der Waals surface area contributed by atoms with Crippen LogP contribution in [0.1, 0.15) is 5.56 Å². The fraction of sp³-hybridized carbons (Fsp3) is 0.154. The second-order valence-corrected chi connectivity index (χ2v) is 3.83. The molecule has 0 bridgehead atoms. The lowest BCUT2D eigenvalue weighted by Gasteiger charge is -2.07. The predicted molar refractivity (Wildman–Crippen MR) is 74.5 cm³/mol. The number of nitrogens with zero attached hydrogens (tertiary/aromatic N) is 1. The number of methoxy groups -OCH3 is 2. The molecule has 20 heavy (non-hydrogen) atoms. The third-order valence-corrected chi connectivity index (χ3v) is 2.56. The summed E-state index contributed by atoms with van der Waals surface area (Å²) in [4.78, 5) is 30.8. The SMILES string of the molecule is COc1ccc(C=Nc2c[nH]c(=O)[nH]c2=O)cc1OC. The van der Waals surface area contributed by atoms with Gasteiger partial charge < -0.3 is 14.5 Å². The second kappa shape index (κ2) is 5.87. The Kier molecular flexibility index (Phi) is 3.99. The summed E-state index contributed by atoms with van der Waals surface area (Å²) in [7, 11) is 3.08. The molecular weight excluding hydrogens is 262 g/mol. The minimum Gasteiger partial charge on any atom is -0.493 e. The van der Waals surface area contributed by atoms with E-state index < -0.39 is 11.2 Å². The monoisotopic (exact) mass is 275 g/mol. The molecule has 1 heterocycles. The van der Waals surface area contributed by atoms with Crippen LogP contribution in [0.4, 0.5) is 5.69 Å². The number of rotatable bonds is 4. The van der Waals surface area contributed by atoms with Crippen LogP contribution in [-0.4, -0.2) is 30.4 Å². The largest absolute Gasteiger partial charge is 0.493 e. The average molecular weight is 275 g/mol. The van der Waals surface area contributed by atoms with Crippen molar-refractivity contribution in [1.82, 2.24) is 9.97 Å². The van der Waals surface area contributed by atoms with Gasteiger partial charge in [0.25, 0.3) is 5.56 Å². The van der Waals surface area contributed by atoms with E-state index >= 15 is 0 Å². The second-order valence-electron chi connectivity index (χ2n) is 3.83. The minimum absolute atomic E-state index is 0.111. The minimum atomic E-state index is -0.569. The summed E-state index contributed by atoms with van der Waals surface area (Å²) in [6, 6.07) is 5.23. The molecule has 0 aliphatic heterocycles. The van der Waals surface area contributed by atoms with Gasteiger partial charge in [0.05, 0.1) is 14.2 Å². The lowest BCUT2D eigenvalue weighted by atomic mass is 10.2. The number of hydrogen-bond acceptors (Lipinski definition) is 5. The van der Waals surface area contributed by atoms with E-state index in [0.29, 0.717) is 11.5 Å². The summed E-state index contributed by atoms with van der Waals surface area (Å²) >= 11 is 0. The third-order valence-electron chi connectivity index (χ3n) is 2.56. The molecule has 0 fully saturated rings. The van der Waals surface area contributed by atoms with Gasteiger partial charge in [-0.05, 0) is 23.8 Å². The van der Waals surface area contributed by atoms with Crippen LogP contribution in [0.25, 0.3) is 0 Å². The van der Waals surface area contributed by atoms with Crippen LogP contribution < -0.4 is 20.7 Å². The van der Waals surface area contributed by atoms with Crippen molar-refractivity contribution in [3.63, 3.8) is 0 Å². The number of H-pyrrole nitrogens is 2. The summed E-state index contributed by atoms with van der Waals surface area (Å²) < 4.78 is 10.3. The predicted octanol–water partition coefficient (Wildman–Crippen LogP) is 0.831. The quantitative estimate of drug-likeness (QED) is 0.808. The van der Waals surface area contributed by atoms with Crippen molar-refractivity contribution in [3.8, 4) is 11.5 Å². The maximum atomic E-state index is 11.5. The lowest BCUT2D eigenvalue weighted by Crippen LogP contribution is -2.20. The van der Waals surface area contributed by atoms with Gasteiger partial charge in [-0.3, -0.25) is 9.78 Å². The van der Waals surface area contributed by atoms with Gasteiger partial charge in [0.2, 0.25) is 0 Å². The summed E-state index contributed by atoms with van der Waals surface area (Å²) in [6.07, 6.45) is 2.74. The van der Waals surface area contributed by atoms with Crippen LogP contribution in [0.5, 0.6) is 11.5 Å². The Hall–Kier alpha value is -2.83. The van der Waals surface area contributed by atoms with Crippen molar-refractivity contribution in [2.45, 2.75) is 0 Å². The number of benzene rings is 1. The fourth-order valence-corrected chi connectivity index (χ4v) is 1.58. The standard InChI is InChI=1S/C13H13N3O4/c1-19-10-4-3-8(5-11(10)20-2)6-14-9-7-15-13(18)16-12(9)17/h3-7H,1-2H3,(H2,15,16,17,18). The summed E-state index contributed by atoms with van der Waals surface area (Å²) in [5.41, 5.74) is -0.279. The maximum Gasteiger partial charge on any atom is 0.325 e. The van der Waals surface area contributed by atoms with E-state index in [2.05, 4.69) is 15.0 Å². The zero-order chi connectivity index (χ0) is 14.5. The Morgan fingerprint density at radius 1 is 1.15 bits per heavy atom. The molecule has 0 atom stereocenters. The summed E-state index contributed by atoms with van der Waals surface area (Å²) in [6.45, 7) is 0. The van der Waals surface area contributed by atoms with E-state index in [1.54, 1.807) is 25.3 Å². The third kappa shape index (κ3) is 2.94. The Morgan fingerprint density at radius 3 is 2.55 bits per heavy atom. The molecule has 2 rings (SSSR count). The molecule has 2 N–H and O–H groups in total. The van der Waals surface area contributed by atoms with Crippen molar-refractivity contribution in [2.75, 3.05) is 14.2 Å². The summed E-state index contributed by atoms with van der Waals surface area (Å²) in [5, 5.41) is 0. The van der Waals surface area contributed by atoms with E-state index in [0.717, 1.165) is 5.56 Å². The molecule has 0 spiro atoms. The molecule has 0 amide bonds. The van der Waals surface area contributed by atoms with Gasteiger partial charge in [-0.2, -0.15) is 0 Å². The van der Waals surface area contributed by atoms with Crippen molar-refractivity contribution < 1.29 is 9.47 Å². The van der Waals surface area contributed by atoms with Crippen LogP contribution in [0.3, 0.4) is 0 Å². The Bertz CT molecular complexity index is 746. The van der Waals surface area contributed by atoms with Gasteiger partial charge in [0.15, 0.2) is 11.5 Å². The number of aromatic nitrogens is 2. The van der Waals surface area contributed by atoms with Gasteiger partial charge in [-0.25, -0.2) is 9.79 Å². The Labute approximate surface area is 113 Å². The summed E-state index contributed by atoms with van der Waals surface area (Å²) in [5.74, 6) is 1.17. The zero-order valence-corrected chi connectivity index (χ0v) is 11.0. The number of hydrogen-bond donors (Lipinski definition) is 2. The maximum absolute atomic E-state index is 11.5. The Balaban J connectivity index is 2.31. The first-order valence-electron chi connectivity index (χ1n) is 5.72. The van der Waals surface area contributed by atoms with E-state index in [-0.39, 0.29) is 5.69 Å². The van der Waals surface area contributed by atoms with Crippen LogP contribution >= 0.6 is 0 Å². The fourth-order valence-electron chi connectivity index (χ4n) is 1.58. The highest BCUT2D eigenvalue weighted by atomic mass is 16.5. The van der Waals surface area contributed by atoms with Gasteiger partial charge in [-0.15, -0.1) is 0 Å². The van der Waals surface area contributed by atoms with E-state index in [1.165, 1.54) is 19.5 Å². The number of nitrogens with one attached hydrogen (secondary N) is 2. The normalized spacial score (nSPS) is 10.7. The first kappa shape index (κ1) is 13.6. The van der Waals surface area contributed by atoms with Gasteiger partial charge in [0.1, 0.15) is 5.69 Å². The van der Waals surface area contributed by atoms with Gasteiger partial charge in [-0.1, -0.05) is 0 Å². The van der Waals surface area contributed by atoms with Crippen LogP contribution in [0.2, 0.25) is 0 Å². The highest BCUT2D eigenvalue weighted by Crippen LogP contribution is 2.26. The van der Waals surface area contributed by atoms with Crippen molar-refractivity contribution in [3.05, 3.63) is 50.8 Å². The Morgan fingerprint density at radius 2 is 1.90 bits per heavy atom. The molecule has 104 valence electrons. The zero-order valence-electron chi connectivity index (χ0n) is 11.0. The van der Waals surface area contributed by atoms with Crippen molar-refractivity contribution in [2.24, 2.45) is 4.99 Å². The van der Waals surface area contributed by atoms with Crippen molar-refractivity contribution in [1.29, 1.82) is 0 Å². The highest BCUT2D eigenvalue weighted by molar-refractivity contribution is 5.82. The topological polar surface area (TPSA) is 96.5 Å². The smallest absolute Gasteiger partial charge is 0.325 e. The highest BCUT2D eigenvalue weighted by Gasteiger charge is 2.03. The number of aliphatic imine (C=N–C) groups is 1. The first-order valence-corrected chi connectivity index (χ1v) is 5.72. The van der Waals surface area contributed by atoms with Gasteiger partial charge in [0, 0.05) is 12.4 Å². The molecule has 0 radical (unpaired) electrons. The van der Waals surface area contributed by atoms with Gasteiger partial charge >= 0.3 is 5.69 Å². The number of aromatic amines is 2. The van der Waals surface area contributed by atoms with E-state index in [9.17, 15) is 9.59 Å². The molecule has 0 saturated carbocycles. The number of ether oxygens (including phenoxy) is 2.